The quantitative estimate of drug-likeness (QED) is 0.167. The first-order chi connectivity index (χ1) is 29.5. The molecule has 0 fully saturated rings. The summed E-state index contributed by atoms with van der Waals surface area (Å²) in [6.07, 6.45) is 0. The highest BCUT2D eigenvalue weighted by atomic mass is 32.1. The molecule has 2 heterocycles. The molecule has 12 rings (SSSR count). The zero-order valence-corrected chi connectivity index (χ0v) is 34.1. The van der Waals surface area contributed by atoms with Crippen LogP contribution in [0.5, 0.6) is 0 Å². The molecule has 0 aliphatic heterocycles. The number of rotatable bonds is 6. The van der Waals surface area contributed by atoms with Gasteiger partial charge in [0, 0.05) is 59.0 Å². The lowest BCUT2D eigenvalue weighted by Gasteiger charge is -2.26. The first-order valence-corrected chi connectivity index (χ1v) is 21.5. The Hall–Kier alpha value is -7.20. The fraction of sp³-hybridized carbons (Fsp3) is 0.0526. The van der Waals surface area contributed by atoms with Crippen molar-refractivity contribution in [3.63, 3.8) is 0 Å². The minimum Gasteiger partial charge on any atom is -0.455 e. The number of nitrogens with zero attached hydrogens (tertiary/aromatic N) is 1. The minimum absolute atomic E-state index is 0.138. The molecule has 2 nitrogen and oxygen atoms in total. The summed E-state index contributed by atoms with van der Waals surface area (Å²) in [4.78, 5) is 2.35. The molecule has 0 saturated carbocycles. The number of fused-ring (bicyclic) bond motifs is 9. The van der Waals surface area contributed by atoms with Gasteiger partial charge < -0.3 is 9.32 Å². The topological polar surface area (TPSA) is 16.4 Å². The molecule has 0 N–H and O–H groups in total. The number of hydrogen-bond donors (Lipinski definition) is 0. The smallest absolute Gasteiger partial charge is 0.143 e. The second-order valence-electron chi connectivity index (χ2n) is 16.5. The normalized spacial score (nSPS) is 13.0. The van der Waals surface area contributed by atoms with Gasteiger partial charge in [-0.25, -0.2) is 0 Å². The maximum atomic E-state index is 6.45. The SMILES string of the molecule is CC1(C)c2ccc(-c3ccc(N(c4ccccc4)c4ccc(-c5cccc6sc7ccccc7c56)cc4)cc3)cc2-c2ccc(-c3cccc4c3oc3ccccc34)cc21. The Labute approximate surface area is 353 Å². The molecule has 0 atom stereocenters. The molecule has 0 spiro atoms. The highest BCUT2D eigenvalue weighted by Gasteiger charge is 2.36. The average Bonchev–Trinajstić information content (AvgIpc) is 3.95. The summed E-state index contributed by atoms with van der Waals surface area (Å²) in [6.45, 7) is 4.71. The predicted octanol–water partition coefficient (Wildman–Crippen LogP) is 16.7. The van der Waals surface area contributed by atoms with Crippen molar-refractivity contribution in [2.24, 2.45) is 0 Å². The summed E-state index contributed by atoms with van der Waals surface area (Å²) < 4.78 is 9.10. The highest BCUT2D eigenvalue weighted by molar-refractivity contribution is 7.25. The Morgan fingerprint density at radius 1 is 0.400 bits per heavy atom. The number of furan rings is 1. The van der Waals surface area contributed by atoms with Gasteiger partial charge in [-0.15, -0.1) is 11.3 Å². The average molecular weight is 786 g/mol. The molecule has 0 saturated heterocycles. The number of thiophene rings is 1. The third-order valence-electron chi connectivity index (χ3n) is 12.7. The van der Waals surface area contributed by atoms with Gasteiger partial charge in [0.15, 0.2) is 0 Å². The maximum absolute atomic E-state index is 6.45. The molecule has 0 unspecified atom stereocenters. The Morgan fingerprint density at radius 3 is 1.83 bits per heavy atom. The van der Waals surface area contributed by atoms with E-state index in [1.54, 1.807) is 0 Å². The van der Waals surface area contributed by atoms with E-state index in [0.717, 1.165) is 44.6 Å². The fourth-order valence-corrected chi connectivity index (χ4v) is 10.8. The Kier molecular flexibility index (Phi) is 7.79. The molecule has 2 aromatic heterocycles. The third-order valence-corrected chi connectivity index (χ3v) is 13.8. The van der Waals surface area contributed by atoms with Gasteiger partial charge in [0.05, 0.1) is 0 Å². The molecule has 3 heteroatoms. The van der Waals surface area contributed by atoms with Crippen LogP contribution in [0.1, 0.15) is 25.0 Å². The Balaban J connectivity index is 0.880. The second-order valence-corrected chi connectivity index (χ2v) is 17.6. The first-order valence-electron chi connectivity index (χ1n) is 20.7. The van der Waals surface area contributed by atoms with Crippen LogP contribution >= 0.6 is 11.3 Å². The van der Waals surface area contributed by atoms with E-state index in [0.29, 0.717) is 0 Å². The van der Waals surface area contributed by atoms with E-state index >= 15 is 0 Å². The molecule has 284 valence electrons. The van der Waals surface area contributed by atoms with Crippen molar-refractivity contribution in [3.05, 3.63) is 211 Å². The summed E-state index contributed by atoms with van der Waals surface area (Å²) in [6, 6.07) is 73.0. The largest absolute Gasteiger partial charge is 0.455 e. The molecule has 1 aliphatic carbocycles. The predicted molar refractivity (Wildman–Crippen MR) is 255 cm³/mol. The molecule has 60 heavy (non-hydrogen) atoms. The van der Waals surface area contributed by atoms with Crippen LogP contribution in [-0.2, 0) is 5.41 Å². The van der Waals surface area contributed by atoms with Crippen LogP contribution in [0.3, 0.4) is 0 Å². The Morgan fingerprint density at radius 2 is 1.02 bits per heavy atom. The number of hydrogen-bond acceptors (Lipinski definition) is 3. The van der Waals surface area contributed by atoms with E-state index < -0.39 is 0 Å². The summed E-state index contributed by atoms with van der Waals surface area (Å²) in [5.41, 5.74) is 17.6. The molecule has 0 bridgehead atoms. The maximum Gasteiger partial charge on any atom is 0.143 e. The van der Waals surface area contributed by atoms with Crippen LogP contribution in [0.15, 0.2) is 205 Å². The first kappa shape index (κ1) is 34.8. The van der Waals surface area contributed by atoms with Crippen molar-refractivity contribution in [2.45, 2.75) is 19.3 Å². The third kappa shape index (κ3) is 5.40. The number of para-hydroxylation sites is 3. The lowest BCUT2D eigenvalue weighted by molar-refractivity contribution is 0.660. The minimum atomic E-state index is -0.138. The highest BCUT2D eigenvalue weighted by Crippen LogP contribution is 2.51. The zero-order valence-electron chi connectivity index (χ0n) is 33.3. The van der Waals surface area contributed by atoms with Crippen molar-refractivity contribution >= 4 is 70.5 Å². The lowest BCUT2D eigenvalue weighted by Crippen LogP contribution is -2.15. The molecule has 1 aliphatic rings. The lowest BCUT2D eigenvalue weighted by atomic mass is 9.81. The van der Waals surface area contributed by atoms with Crippen molar-refractivity contribution in [1.29, 1.82) is 0 Å². The van der Waals surface area contributed by atoms with E-state index in [9.17, 15) is 0 Å². The van der Waals surface area contributed by atoms with Crippen LogP contribution < -0.4 is 4.90 Å². The molecule has 11 aromatic rings. The fourth-order valence-electron chi connectivity index (χ4n) is 9.71. The van der Waals surface area contributed by atoms with Crippen LogP contribution in [0.4, 0.5) is 17.1 Å². The Bertz CT molecular complexity index is 3440. The van der Waals surface area contributed by atoms with Gasteiger partial charge in [-0.05, 0) is 117 Å². The van der Waals surface area contributed by atoms with Crippen molar-refractivity contribution in [3.8, 4) is 44.5 Å². The van der Waals surface area contributed by atoms with Gasteiger partial charge in [0.2, 0.25) is 0 Å². The van der Waals surface area contributed by atoms with E-state index in [2.05, 4.69) is 213 Å². The van der Waals surface area contributed by atoms with E-state index in [-0.39, 0.29) is 5.41 Å². The summed E-state index contributed by atoms with van der Waals surface area (Å²) in [7, 11) is 0. The van der Waals surface area contributed by atoms with Gasteiger partial charge in [-0.1, -0.05) is 147 Å². The molecule has 0 radical (unpaired) electrons. The van der Waals surface area contributed by atoms with Crippen LogP contribution in [0, 0.1) is 0 Å². The van der Waals surface area contributed by atoms with E-state index in [1.165, 1.54) is 70.2 Å². The van der Waals surface area contributed by atoms with E-state index in [4.69, 9.17) is 4.42 Å². The second kappa shape index (κ2) is 13.4. The van der Waals surface area contributed by atoms with E-state index in [1.807, 2.05) is 17.4 Å². The van der Waals surface area contributed by atoms with Gasteiger partial charge in [-0.3, -0.25) is 0 Å². The molecular formula is C57H39NOS. The standard InChI is InChI=1S/C57H39NOS/c1-57(2)50-33-27-38(34-49(50)45-32-26-39(35-51(45)57)44-17-10-18-47-46-14-6-8-19-52(46)59-56(44)47)36-22-28-41(29-23-36)58(40-12-4-3-5-13-40)42-30-24-37(25-31-42)43-16-11-21-54-55(43)48-15-7-9-20-53(48)60-54/h3-35H,1-2H3. The van der Waals surface area contributed by atoms with Gasteiger partial charge in [0.25, 0.3) is 0 Å². The summed E-state index contributed by atoms with van der Waals surface area (Å²) in [5.74, 6) is 0. The van der Waals surface area contributed by atoms with Crippen LogP contribution in [-0.4, -0.2) is 0 Å². The van der Waals surface area contributed by atoms with Crippen LogP contribution in [0.25, 0.3) is 86.6 Å². The van der Waals surface area contributed by atoms with Crippen molar-refractivity contribution in [1.82, 2.24) is 0 Å². The van der Waals surface area contributed by atoms with Gasteiger partial charge in [0.1, 0.15) is 11.2 Å². The molecule has 9 aromatic carbocycles. The summed E-state index contributed by atoms with van der Waals surface area (Å²) in [5, 5.41) is 4.97. The number of anilines is 3. The van der Waals surface area contributed by atoms with Crippen LogP contribution in [0.2, 0.25) is 0 Å². The van der Waals surface area contributed by atoms with Crippen molar-refractivity contribution in [2.75, 3.05) is 4.90 Å². The monoisotopic (exact) mass is 785 g/mol. The van der Waals surface area contributed by atoms with Gasteiger partial charge in [-0.2, -0.15) is 0 Å². The van der Waals surface area contributed by atoms with Crippen molar-refractivity contribution < 1.29 is 4.42 Å². The molecular weight excluding hydrogens is 747 g/mol. The molecule has 0 amide bonds. The summed E-state index contributed by atoms with van der Waals surface area (Å²) >= 11 is 1.86. The zero-order chi connectivity index (χ0) is 40.0. The number of benzene rings is 9. The van der Waals surface area contributed by atoms with Gasteiger partial charge >= 0.3 is 0 Å².